The molecule has 1 aromatic carbocycles. The highest BCUT2D eigenvalue weighted by Gasteiger charge is 2.15. The molecule has 1 aromatic rings. The van der Waals surface area contributed by atoms with E-state index in [0.29, 0.717) is 22.7 Å². The van der Waals surface area contributed by atoms with E-state index < -0.39 is 4.92 Å². The van der Waals surface area contributed by atoms with Gasteiger partial charge in [0, 0.05) is 12.1 Å². The van der Waals surface area contributed by atoms with E-state index in [1.807, 2.05) is 0 Å². The van der Waals surface area contributed by atoms with Crippen molar-refractivity contribution in [2.24, 2.45) is 5.92 Å². The van der Waals surface area contributed by atoms with Gasteiger partial charge in [-0.1, -0.05) is 0 Å². The van der Waals surface area contributed by atoms with Crippen LogP contribution < -0.4 is 10.1 Å². The third-order valence-corrected chi connectivity index (χ3v) is 3.69. The molecule has 0 radical (unpaired) electrons. The zero-order valence-electron chi connectivity index (χ0n) is 9.89. The number of nitro groups is 1. The molecule has 5 nitrogen and oxygen atoms in total. The molecule has 1 N–H and O–H groups in total. The van der Waals surface area contributed by atoms with Crippen molar-refractivity contribution in [1.29, 1.82) is 0 Å². The quantitative estimate of drug-likeness (QED) is 0.670. The van der Waals surface area contributed by atoms with E-state index in [-0.39, 0.29) is 5.69 Å². The Kier molecular flexibility index (Phi) is 4.54. The van der Waals surface area contributed by atoms with Crippen molar-refractivity contribution in [3.8, 4) is 5.75 Å². The fourth-order valence-corrected chi connectivity index (χ4v) is 2.50. The topological polar surface area (TPSA) is 64.4 Å². The van der Waals surface area contributed by atoms with Crippen LogP contribution in [-0.2, 0) is 0 Å². The van der Waals surface area contributed by atoms with Crippen LogP contribution in [-0.4, -0.2) is 24.6 Å². The van der Waals surface area contributed by atoms with Gasteiger partial charge >= 0.3 is 0 Å². The van der Waals surface area contributed by atoms with E-state index in [1.54, 1.807) is 6.07 Å². The lowest BCUT2D eigenvalue weighted by Crippen LogP contribution is -2.11. The standard InChI is InChI=1S/C12H15BrN2O3/c13-11-7-10(15(16)17)1-2-12(11)18-6-4-9-3-5-14-8-9/h1-2,7,9,14H,3-6,8H2. The van der Waals surface area contributed by atoms with Crippen molar-refractivity contribution in [1.82, 2.24) is 5.32 Å². The highest BCUT2D eigenvalue weighted by Crippen LogP contribution is 2.29. The van der Waals surface area contributed by atoms with E-state index >= 15 is 0 Å². The van der Waals surface area contributed by atoms with Crippen molar-refractivity contribution in [2.45, 2.75) is 12.8 Å². The first-order valence-corrected chi connectivity index (χ1v) is 6.73. The molecule has 1 heterocycles. The van der Waals surface area contributed by atoms with Gasteiger partial charge in [0.05, 0.1) is 16.0 Å². The average molecular weight is 315 g/mol. The fourth-order valence-electron chi connectivity index (χ4n) is 2.02. The number of non-ortho nitro benzene ring substituents is 1. The second-order valence-corrected chi connectivity index (χ2v) is 5.22. The van der Waals surface area contributed by atoms with Crippen LogP contribution >= 0.6 is 15.9 Å². The Bertz CT molecular complexity index is 433. The van der Waals surface area contributed by atoms with Crippen molar-refractivity contribution >= 4 is 21.6 Å². The average Bonchev–Trinajstić information content (AvgIpc) is 2.84. The Labute approximate surface area is 114 Å². The van der Waals surface area contributed by atoms with E-state index in [9.17, 15) is 10.1 Å². The zero-order chi connectivity index (χ0) is 13.0. The number of ether oxygens (including phenoxy) is 1. The maximum absolute atomic E-state index is 10.6. The minimum Gasteiger partial charge on any atom is -0.492 e. The van der Waals surface area contributed by atoms with Gasteiger partial charge in [0.25, 0.3) is 5.69 Å². The van der Waals surface area contributed by atoms with Crippen LogP contribution in [0.3, 0.4) is 0 Å². The summed E-state index contributed by atoms with van der Waals surface area (Å²) in [6, 6.07) is 4.55. The molecule has 0 aliphatic carbocycles. The van der Waals surface area contributed by atoms with Crippen LogP contribution in [0.2, 0.25) is 0 Å². The second-order valence-electron chi connectivity index (χ2n) is 4.37. The summed E-state index contributed by atoms with van der Waals surface area (Å²) in [5.74, 6) is 1.34. The van der Waals surface area contributed by atoms with Crippen LogP contribution in [0.4, 0.5) is 5.69 Å². The SMILES string of the molecule is O=[N+]([O-])c1ccc(OCCC2CCNC2)c(Br)c1. The summed E-state index contributed by atoms with van der Waals surface area (Å²) in [5.41, 5.74) is 0.0641. The highest BCUT2D eigenvalue weighted by molar-refractivity contribution is 9.10. The lowest BCUT2D eigenvalue weighted by molar-refractivity contribution is -0.385. The maximum atomic E-state index is 10.6. The summed E-state index contributed by atoms with van der Waals surface area (Å²) in [5, 5.41) is 13.9. The number of nitrogens with one attached hydrogen (secondary N) is 1. The van der Waals surface area contributed by atoms with E-state index in [4.69, 9.17) is 4.74 Å². The van der Waals surface area contributed by atoms with Crippen molar-refractivity contribution in [2.75, 3.05) is 19.7 Å². The van der Waals surface area contributed by atoms with E-state index in [2.05, 4.69) is 21.2 Å². The molecule has 0 saturated carbocycles. The molecule has 0 amide bonds. The molecule has 1 fully saturated rings. The first-order valence-electron chi connectivity index (χ1n) is 5.94. The van der Waals surface area contributed by atoms with Crippen LogP contribution in [0.15, 0.2) is 22.7 Å². The Morgan fingerprint density at radius 3 is 3.00 bits per heavy atom. The lowest BCUT2D eigenvalue weighted by Gasteiger charge is -2.11. The fraction of sp³-hybridized carbons (Fsp3) is 0.500. The van der Waals surface area contributed by atoms with Gasteiger partial charge in [-0.05, 0) is 53.8 Å². The molecule has 2 rings (SSSR count). The zero-order valence-corrected chi connectivity index (χ0v) is 11.5. The Balaban J connectivity index is 1.87. The van der Waals surface area contributed by atoms with Gasteiger partial charge < -0.3 is 10.1 Å². The number of hydrogen-bond acceptors (Lipinski definition) is 4. The Morgan fingerprint density at radius 1 is 1.56 bits per heavy atom. The van der Waals surface area contributed by atoms with Gasteiger partial charge in [0.1, 0.15) is 5.75 Å². The van der Waals surface area contributed by atoms with Crippen molar-refractivity contribution < 1.29 is 9.66 Å². The summed E-state index contributed by atoms with van der Waals surface area (Å²) < 4.78 is 6.26. The predicted octanol–water partition coefficient (Wildman–Crippen LogP) is 2.74. The first kappa shape index (κ1) is 13.3. The number of rotatable bonds is 5. The van der Waals surface area contributed by atoms with Gasteiger partial charge in [-0.25, -0.2) is 0 Å². The van der Waals surface area contributed by atoms with Gasteiger partial charge in [-0.15, -0.1) is 0 Å². The summed E-state index contributed by atoms with van der Waals surface area (Å²) in [6.45, 7) is 2.79. The van der Waals surface area contributed by atoms with E-state index in [1.165, 1.54) is 18.6 Å². The normalized spacial score (nSPS) is 18.8. The molecule has 6 heteroatoms. The number of nitro benzene ring substituents is 1. The monoisotopic (exact) mass is 314 g/mol. The van der Waals surface area contributed by atoms with Crippen molar-refractivity contribution in [3.05, 3.63) is 32.8 Å². The summed E-state index contributed by atoms with van der Waals surface area (Å²) >= 11 is 3.29. The molecule has 18 heavy (non-hydrogen) atoms. The Morgan fingerprint density at radius 2 is 2.39 bits per heavy atom. The predicted molar refractivity (Wildman–Crippen MR) is 71.9 cm³/mol. The van der Waals surface area contributed by atoms with Gasteiger partial charge in [-0.3, -0.25) is 10.1 Å². The smallest absolute Gasteiger partial charge is 0.270 e. The maximum Gasteiger partial charge on any atom is 0.270 e. The molecule has 1 saturated heterocycles. The molecule has 1 aliphatic rings. The molecule has 1 aliphatic heterocycles. The number of nitrogens with zero attached hydrogens (tertiary/aromatic N) is 1. The molecule has 0 spiro atoms. The number of hydrogen-bond donors (Lipinski definition) is 1. The molecular formula is C12H15BrN2O3. The van der Waals surface area contributed by atoms with E-state index in [0.717, 1.165) is 19.5 Å². The number of benzene rings is 1. The largest absolute Gasteiger partial charge is 0.492 e. The summed E-state index contributed by atoms with van der Waals surface area (Å²) in [7, 11) is 0. The van der Waals surface area contributed by atoms with Crippen LogP contribution in [0.25, 0.3) is 0 Å². The molecule has 98 valence electrons. The molecule has 0 aromatic heterocycles. The summed E-state index contributed by atoms with van der Waals surface area (Å²) in [6.07, 6.45) is 2.21. The third kappa shape index (κ3) is 3.43. The van der Waals surface area contributed by atoms with Crippen LogP contribution in [0, 0.1) is 16.0 Å². The third-order valence-electron chi connectivity index (χ3n) is 3.07. The first-order chi connectivity index (χ1) is 8.66. The minimum absolute atomic E-state index is 0.0641. The second kappa shape index (κ2) is 6.15. The Hall–Kier alpha value is -1.14. The van der Waals surface area contributed by atoms with Gasteiger partial charge in [-0.2, -0.15) is 0 Å². The summed E-state index contributed by atoms with van der Waals surface area (Å²) in [4.78, 5) is 10.2. The molecule has 1 atom stereocenters. The highest BCUT2D eigenvalue weighted by atomic mass is 79.9. The molecular weight excluding hydrogens is 300 g/mol. The van der Waals surface area contributed by atoms with Crippen LogP contribution in [0.1, 0.15) is 12.8 Å². The van der Waals surface area contributed by atoms with Crippen LogP contribution in [0.5, 0.6) is 5.75 Å². The van der Waals surface area contributed by atoms with Crippen molar-refractivity contribution in [3.63, 3.8) is 0 Å². The number of halogens is 1. The minimum atomic E-state index is -0.418. The van der Waals surface area contributed by atoms with Gasteiger partial charge in [0.2, 0.25) is 0 Å². The molecule has 0 bridgehead atoms. The molecule has 1 unspecified atom stereocenters. The van der Waals surface area contributed by atoms with Gasteiger partial charge in [0.15, 0.2) is 0 Å². The lowest BCUT2D eigenvalue weighted by atomic mass is 10.1.